The standard InChI is InChI=1S/C12H10ClFN4O/c13-7-2-10-11(3-8(7)14)19-12(18-10)9(15)1-6-4-16-5-17-6/h2-5,9H,1,15H2,(H,16,17). The molecule has 0 bridgehead atoms. The predicted octanol–water partition coefficient (Wildman–Crippen LogP) is 2.59. The largest absolute Gasteiger partial charge is 0.439 e. The summed E-state index contributed by atoms with van der Waals surface area (Å²) in [6, 6.07) is 2.19. The van der Waals surface area contributed by atoms with Crippen molar-refractivity contribution >= 4 is 22.7 Å². The summed E-state index contributed by atoms with van der Waals surface area (Å²) in [6.07, 6.45) is 3.76. The van der Waals surface area contributed by atoms with Crippen LogP contribution in [0.15, 0.2) is 29.1 Å². The molecule has 0 spiro atoms. The highest BCUT2D eigenvalue weighted by molar-refractivity contribution is 6.31. The summed E-state index contributed by atoms with van der Waals surface area (Å²) in [6.45, 7) is 0. The van der Waals surface area contributed by atoms with E-state index >= 15 is 0 Å². The molecule has 3 N–H and O–H groups in total. The van der Waals surface area contributed by atoms with Crippen LogP contribution in [0.3, 0.4) is 0 Å². The molecule has 0 aliphatic heterocycles. The molecule has 3 rings (SSSR count). The number of nitrogens with two attached hydrogens (primary N) is 1. The second-order valence-corrected chi connectivity index (χ2v) is 4.58. The monoisotopic (exact) mass is 280 g/mol. The Hall–Kier alpha value is -1.92. The highest BCUT2D eigenvalue weighted by Gasteiger charge is 2.16. The number of halogens is 2. The molecule has 1 atom stereocenters. The average molecular weight is 281 g/mol. The minimum absolute atomic E-state index is 0.00879. The van der Waals surface area contributed by atoms with Gasteiger partial charge in [0.05, 0.1) is 17.4 Å². The molecular formula is C12H10ClFN4O. The van der Waals surface area contributed by atoms with Crippen molar-refractivity contribution in [2.24, 2.45) is 5.73 Å². The lowest BCUT2D eigenvalue weighted by atomic mass is 10.2. The van der Waals surface area contributed by atoms with Crippen molar-refractivity contribution in [3.05, 3.63) is 47.1 Å². The van der Waals surface area contributed by atoms with E-state index in [1.165, 1.54) is 12.1 Å². The van der Waals surface area contributed by atoms with Crippen LogP contribution in [0.25, 0.3) is 11.1 Å². The fourth-order valence-corrected chi connectivity index (χ4v) is 1.98. The highest BCUT2D eigenvalue weighted by atomic mass is 35.5. The normalized spacial score (nSPS) is 13.0. The third kappa shape index (κ3) is 2.32. The van der Waals surface area contributed by atoms with Crippen LogP contribution in [0.2, 0.25) is 5.02 Å². The molecule has 0 fully saturated rings. The number of fused-ring (bicyclic) bond motifs is 1. The van der Waals surface area contributed by atoms with Crippen molar-refractivity contribution in [1.82, 2.24) is 15.0 Å². The van der Waals surface area contributed by atoms with Gasteiger partial charge in [0, 0.05) is 24.4 Å². The van der Waals surface area contributed by atoms with Gasteiger partial charge in [0.15, 0.2) is 5.58 Å². The minimum Gasteiger partial charge on any atom is -0.439 e. The zero-order valence-corrected chi connectivity index (χ0v) is 10.5. The fraction of sp³-hybridized carbons (Fsp3) is 0.167. The summed E-state index contributed by atoms with van der Waals surface area (Å²) in [5, 5.41) is 0.00879. The second-order valence-electron chi connectivity index (χ2n) is 4.17. The van der Waals surface area contributed by atoms with Gasteiger partial charge < -0.3 is 15.1 Å². The van der Waals surface area contributed by atoms with Crippen LogP contribution in [-0.4, -0.2) is 15.0 Å². The molecule has 0 aliphatic rings. The topological polar surface area (TPSA) is 80.7 Å². The molecule has 0 saturated carbocycles. The van der Waals surface area contributed by atoms with Gasteiger partial charge in [-0.1, -0.05) is 11.6 Å². The van der Waals surface area contributed by atoms with E-state index in [-0.39, 0.29) is 5.02 Å². The van der Waals surface area contributed by atoms with Gasteiger partial charge in [-0.05, 0) is 6.07 Å². The van der Waals surface area contributed by atoms with Crippen LogP contribution in [0.4, 0.5) is 4.39 Å². The third-order valence-corrected chi connectivity index (χ3v) is 3.05. The molecule has 1 unspecified atom stereocenters. The van der Waals surface area contributed by atoms with Crippen LogP contribution in [0.5, 0.6) is 0 Å². The zero-order valence-electron chi connectivity index (χ0n) is 9.73. The molecule has 2 aromatic heterocycles. The molecule has 5 nitrogen and oxygen atoms in total. The van der Waals surface area contributed by atoms with Crippen molar-refractivity contribution in [3.63, 3.8) is 0 Å². The van der Waals surface area contributed by atoms with Crippen LogP contribution in [0.1, 0.15) is 17.6 Å². The highest BCUT2D eigenvalue weighted by Crippen LogP contribution is 2.25. The van der Waals surface area contributed by atoms with Gasteiger partial charge >= 0.3 is 0 Å². The maximum atomic E-state index is 13.3. The summed E-state index contributed by atoms with van der Waals surface area (Å²) in [4.78, 5) is 11.1. The van der Waals surface area contributed by atoms with E-state index in [4.69, 9.17) is 21.8 Å². The molecule has 3 aromatic rings. The van der Waals surface area contributed by atoms with Crippen molar-refractivity contribution in [2.45, 2.75) is 12.5 Å². The second kappa shape index (κ2) is 4.64. The predicted molar refractivity (Wildman–Crippen MR) is 68.2 cm³/mol. The Labute approximate surface area is 112 Å². The number of imidazole rings is 1. The van der Waals surface area contributed by atoms with Gasteiger partial charge in [0.2, 0.25) is 5.89 Å². The molecule has 0 amide bonds. The Morgan fingerprint density at radius 1 is 1.47 bits per heavy atom. The van der Waals surface area contributed by atoms with Gasteiger partial charge in [0.25, 0.3) is 0 Å². The number of aromatic nitrogens is 3. The minimum atomic E-state index is -0.543. The number of rotatable bonds is 3. The first-order chi connectivity index (χ1) is 9.13. The lowest BCUT2D eigenvalue weighted by Gasteiger charge is -2.04. The van der Waals surface area contributed by atoms with E-state index < -0.39 is 11.9 Å². The van der Waals surface area contributed by atoms with Crippen molar-refractivity contribution in [2.75, 3.05) is 0 Å². The summed E-state index contributed by atoms with van der Waals surface area (Å²) < 4.78 is 18.7. The Balaban J connectivity index is 1.92. The van der Waals surface area contributed by atoms with Gasteiger partial charge in [0.1, 0.15) is 11.3 Å². The number of H-pyrrole nitrogens is 1. The third-order valence-electron chi connectivity index (χ3n) is 2.76. The molecule has 19 heavy (non-hydrogen) atoms. The van der Waals surface area contributed by atoms with E-state index in [0.29, 0.717) is 23.4 Å². The smallest absolute Gasteiger partial charge is 0.212 e. The van der Waals surface area contributed by atoms with Crippen molar-refractivity contribution in [1.29, 1.82) is 0 Å². The molecule has 7 heteroatoms. The van der Waals surface area contributed by atoms with Crippen molar-refractivity contribution < 1.29 is 8.81 Å². The number of nitrogens with zero attached hydrogens (tertiary/aromatic N) is 2. The van der Waals surface area contributed by atoms with E-state index in [9.17, 15) is 4.39 Å². The van der Waals surface area contributed by atoms with E-state index in [1.807, 2.05) is 0 Å². The fourth-order valence-electron chi connectivity index (χ4n) is 1.82. The number of hydrogen-bond acceptors (Lipinski definition) is 4. The number of aromatic amines is 1. The van der Waals surface area contributed by atoms with Gasteiger partial charge in [-0.25, -0.2) is 14.4 Å². The zero-order chi connectivity index (χ0) is 13.4. The maximum absolute atomic E-state index is 13.3. The lowest BCUT2D eigenvalue weighted by Crippen LogP contribution is -2.13. The maximum Gasteiger partial charge on any atom is 0.212 e. The molecule has 0 aliphatic carbocycles. The summed E-state index contributed by atoms with van der Waals surface area (Å²) in [7, 11) is 0. The Morgan fingerprint density at radius 2 is 2.32 bits per heavy atom. The van der Waals surface area contributed by atoms with Crippen LogP contribution in [-0.2, 0) is 6.42 Å². The molecule has 2 heterocycles. The first kappa shape index (κ1) is 12.1. The Morgan fingerprint density at radius 3 is 3.05 bits per heavy atom. The lowest BCUT2D eigenvalue weighted by molar-refractivity contribution is 0.471. The van der Waals surface area contributed by atoms with E-state index in [2.05, 4.69) is 15.0 Å². The van der Waals surface area contributed by atoms with Crippen LogP contribution >= 0.6 is 11.6 Å². The molecular weight excluding hydrogens is 271 g/mol. The molecule has 0 saturated heterocycles. The quantitative estimate of drug-likeness (QED) is 0.773. The van der Waals surface area contributed by atoms with Gasteiger partial charge in [-0.2, -0.15) is 0 Å². The van der Waals surface area contributed by atoms with E-state index in [1.54, 1.807) is 12.5 Å². The van der Waals surface area contributed by atoms with Crippen molar-refractivity contribution in [3.8, 4) is 0 Å². The Kier molecular flexibility index (Phi) is 2.96. The summed E-state index contributed by atoms with van der Waals surface area (Å²) in [5.74, 6) is -0.203. The SMILES string of the molecule is NC(Cc1cnc[nH]1)c1nc2cc(Cl)c(F)cc2o1. The van der Waals surface area contributed by atoms with Gasteiger partial charge in [-0.15, -0.1) is 0 Å². The van der Waals surface area contributed by atoms with E-state index in [0.717, 1.165) is 5.69 Å². The number of benzene rings is 1. The average Bonchev–Trinajstić information content (AvgIpc) is 2.99. The number of nitrogens with one attached hydrogen (secondary N) is 1. The van der Waals surface area contributed by atoms with Crippen LogP contribution in [0, 0.1) is 5.82 Å². The molecule has 98 valence electrons. The molecule has 1 aromatic carbocycles. The van der Waals surface area contributed by atoms with Crippen LogP contribution < -0.4 is 5.73 Å². The number of hydrogen-bond donors (Lipinski definition) is 2. The first-order valence-corrected chi connectivity index (χ1v) is 5.99. The molecule has 0 radical (unpaired) electrons. The summed E-state index contributed by atoms with van der Waals surface area (Å²) in [5.41, 5.74) is 7.69. The van der Waals surface area contributed by atoms with Gasteiger partial charge in [-0.3, -0.25) is 0 Å². The first-order valence-electron chi connectivity index (χ1n) is 5.62. The summed E-state index contributed by atoms with van der Waals surface area (Å²) >= 11 is 5.69. The number of oxazole rings is 1. The Bertz CT molecular complexity index is 671.